The van der Waals surface area contributed by atoms with E-state index in [2.05, 4.69) is 0 Å². The summed E-state index contributed by atoms with van der Waals surface area (Å²) in [5.74, 6) is -3.81. The Morgan fingerprint density at radius 3 is 2.07 bits per heavy atom. The Balaban J connectivity index is 0.00000245. The molecule has 3 heterocycles. The molecule has 1 aromatic heterocycles. The van der Waals surface area contributed by atoms with Crippen molar-refractivity contribution in [2.75, 3.05) is 6.61 Å². The van der Waals surface area contributed by atoms with E-state index in [1.54, 1.807) is 0 Å². The van der Waals surface area contributed by atoms with E-state index < -0.39 is 113 Å². The van der Waals surface area contributed by atoms with Crippen LogP contribution >= 0.6 is 0 Å². The van der Waals surface area contributed by atoms with E-state index in [1.165, 1.54) is 19.1 Å². The number of aromatic hydroxyl groups is 4. The van der Waals surface area contributed by atoms with E-state index in [0.29, 0.717) is 0 Å². The molecule has 2 aromatic carbocycles. The van der Waals surface area contributed by atoms with Crippen LogP contribution in [0.5, 0.6) is 28.7 Å². The number of fused-ring (bicyclic) bond motifs is 1. The van der Waals surface area contributed by atoms with Gasteiger partial charge in [0.15, 0.2) is 23.5 Å². The van der Waals surface area contributed by atoms with Gasteiger partial charge in [-0.1, -0.05) is 6.07 Å². The number of rotatable bonds is 6. The fraction of sp³-hybridized carbons (Fsp3) is 0.444. The third-order valence-corrected chi connectivity index (χ3v) is 7.31. The first-order valence-electron chi connectivity index (χ1n) is 13.0. The van der Waals surface area contributed by atoms with Crippen molar-refractivity contribution in [2.24, 2.45) is 0 Å². The summed E-state index contributed by atoms with van der Waals surface area (Å²) in [5.41, 5.74) is -1.69. The van der Waals surface area contributed by atoms with E-state index in [1.807, 2.05) is 0 Å². The summed E-state index contributed by atoms with van der Waals surface area (Å²) in [6, 6.07) is 5.54. The van der Waals surface area contributed by atoms with E-state index in [4.69, 9.17) is 23.4 Å². The number of hydrogen-bond acceptors (Lipinski definition) is 16. The molecule has 10 atom stereocenters. The van der Waals surface area contributed by atoms with Crippen molar-refractivity contribution >= 4 is 11.0 Å². The van der Waals surface area contributed by atoms with E-state index in [0.717, 1.165) is 18.2 Å². The van der Waals surface area contributed by atoms with Gasteiger partial charge in [0.2, 0.25) is 17.5 Å². The predicted octanol–water partition coefficient (Wildman–Crippen LogP) is -4.16. The number of benzene rings is 2. The van der Waals surface area contributed by atoms with Crippen molar-refractivity contribution in [3.8, 4) is 40.1 Å². The van der Waals surface area contributed by atoms with Crippen molar-refractivity contribution < 1.29 is 90.9 Å². The molecule has 19 heteroatoms. The van der Waals surface area contributed by atoms with Gasteiger partial charge in [0, 0.05) is 12.1 Å². The van der Waals surface area contributed by atoms with Crippen molar-refractivity contribution in [2.45, 2.75) is 68.3 Å². The highest BCUT2D eigenvalue weighted by Crippen LogP contribution is 2.42. The van der Waals surface area contributed by atoms with Crippen molar-refractivity contribution in [3.05, 3.63) is 40.6 Å². The minimum absolute atomic E-state index is 0. The molecule has 2 aliphatic rings. The normalized spacial score (nSPS) is 30.8. The number of ether oxygens (including phenoxy) is 4. The second kappa shape index (κ2) is 14.7. The van der Waals surface area contributed by atoms with E-state index in [9.17, 15) is 55.9 Å². The largest absolute Gasteiger partial charge is 0.508 e. The van der Waals surface area contributed by atoms with Gasteiger partial charge in [0.25, 0.3) is 0 Å². The molecule has 19 nitrogen and oxygen atoms in total. The number of aliphatic hydroxyl groups excluding tert-OH is 6. The monoisotopic (exact) mass is 664 g/mol. The smallest absolute Gasteiger partial charge is 0.239 e. The Labute approximate surface area is 257 Å². The summed E-state index contributed by atoms with van der Waals surface area (Å²) in [5, 5.41) is 102. The van der Waals surface area contributed by atoms with Crippen LogP contribution in [-0.2, 0) is 14.2 Å². The summed E-state index contributed by atoms with van der Waals surface area (Å²) < 4.78 is 27.7. The average molecular weight is 665 g/mol. The Kier molecular flexibility index (Phi) is 12.3. The lowest BCUT2D eigenvalue weighted by molar-refractivity contribution is -0.318. The maximum absolute atomic E-state index is 13.6. The summed E-state index contributed by atoms with van der Waals surface area (Å²) in [6.07, 6.45) is -16.3. The van der Waals surface area contributed by atoms with Crippen LogP contribution in [0.1, 0.15) is 6.92 Å². The molecule has 2 aliphatic heterocycles. The topological polar surface area (TPSA) is 364 Å². The molecular weight excluding hydrogens is 628 g/mol. The van der Waals surface area contributed by atoms with E-state index >= 15 is 0 Å². The third kappa shape index (κ3) is 6.80. The average Bonchev–Trinajstić information content (AvgIpc) is 2.96. The first-order chi connectivity index (χ1) is 20.3. The molecule has 5 rings (SSSR count). The van der Waals surface area contributed by atoms with Gasteiger partial charge in [0.05, 0.1) is 18.3 Å². The molecule has 46 heavy (non-hydrogen) atoms. The summed E-state index contributed by atoms with van der Waals surface area (Å²) in [6.45, 7) is 0.802. The number of hydrogen-bond donors (Lipinski definition) is 10. The summed E-state index contributed by atoms with van der Waals surface area (Å²) >= 11 is 0. The molecule has 0 saturated carbocycles. The van der Waals surface area contributed by atoms with Crippen molar-refractivity contribution in [3.63, 3.8) is 0 Å². The molecule has 0 bridgehead atoms. The fourth-order valence-corrected chi connectivity index (χ4v) is 4.88. The maximum Gasteiger partial charge on any atom is 0.239 e. The fourth-order valence-electron chi connectivity index (χ4n) is 4.88. The second-order valence-electron chi connectivity index (χ2n) is 10.2. The van der Waals surface area contributed by atoms with Gasteiger partial charge in [-0.2, -0.15) is 0 Å². The van der Waals surface area contributed by atoms with Crippen LogP contribution in [0, 0.1) is 0 Å². The van der Waals surface area contributed by atoms with Crippen LogP contribution in [0.2, 0.25) is 0 Å². The zero-order valence-electron chi connectivity index (χ0n) is 23.8. The van der Waals surface area contributed by atoms with Crippen LogP contribution in [0.3, 0.4) is 0 Å². The predicted molar refractivity (Wildman–Crippen MR) is 151 cm³/mol. The molecule has 16 N–H and O–H groups in total. The molecule has 0 spiro atoms. The highest BCUT2D eigenvalue weighted by atomic mass is 16.7. The van der Waals surface area contributed by atoms with Gasteiger partial charge >= 0.3 is 0 Å². The van der Waals surface area contributed by atoms with Gasteiger partial charge in [-0.3, -0.25) is 4.79 Å². The van der Waals surface area contributed by atoms with Gasteiger partial charge < -0.3 is 90.9 Å². The molecule has 0 unspecified atom stereocenters. The van der Waals surface area contributed by atoms with Crippen LogP contribution in [-0.4, -0.2) is 136 Å². The standard InChI is InChI=1S/C27H30O16.3H2O/c1-8-16(31)20(35)22(37)26(40-8)39-7-14-18(33)21(36)23(38)27(42-14)43-25-19(34)15-12(30)5-9(28)6-13(15)41-24(25)10-3-2-4-11(29)17(10)32;;;/h2-6,8,14,16,18,20-23,26-33,35-38H,7H2,1H3;3*1H2/t8-,14+,16-,18+,20+,21-,22+,23+,26+,27-;;;/m0.../s1. The van der Waals surface area contributed by atoms with Gasteiger partial charge in [-0.05, 0) is 19.1 Å². The van der Waals surface area contributed by atoms with Crippen molar-refractivity contribution in [1.82, 2.24) is 0 Å². The van der Waals surface area contributed by atoms with Crippen LogP contribution < -0.4 is 10.2 Å². The Hall–Kier alpha value is -3.83. The van der Waals surface area contributed by atoms with Crippen LogP contribution in [0.25, 0.3) is 22.3 Å². The first-order valence-corrected chi connectivity index (χ1v) is 13.0. The Bertz CT molecular complexity index is 1540. The molecule has 0 radical (unpaired) electrons. The highest BCUT2D eigenvalue weighted by molar-refractivity contribution is 5.89. The molecule has 0 aliphatic carbocycles. The second-order valence-corrected chi connectivity index (χ2v) is 10.2. The highest BCUT2D eigenvalue weighted by Gasteiger charge is 2.48. The zero-order chi connectivity index (χ0) is 31.3. The van der Waals surface area contributed by atoms with E-state index in [-0.39, 0.29) is 27.6 Å². The minimum Gasteiger partial charge on any atom is -0.508 e. The van der Waals surface area contributed by atoms with Gasteiger partial charge in [0.1, 0.15) is 65.2 Å². The lowest BCUT2D eigenvalue weighted by Crippen LogP contribution is -2.61. The zero-order valence-corrected chi connectivity index (χ0v) is 23.8. The number of phenols is 4. The Morgan fingerprint density at radius 2 is 1.39 bits per heavy atom. The van der Waals surface area contributed by atoms with Crippen LogP contribution in [0.4, 0.5) is 0 Å². The Morgan fingerprint density at radius 1 is 0.761 bits per heavy atom. The van der Waals surface area contributed by atoms with Gasteiger partial charge in [-0.15, -0.1) is 0 Å². The number of phenolic OH excluding ortho intramolecular Hbond substituents is 4. The SMILES string of the molecule is C[C@@H]1O[C@@H](OC[C@H]2O[C@@H](Oc3c(-c4cccc(O)c4O)oc4cc(O)cc(O)c4c3=O)[C@H](O)[C@@H](O)[C@@H]2O)[C@H](O)[C@H](O)[C@H]1O.O.O.O. The lowest BCUT2D eigenvalue weighted by Gasteiger charge is -2.42. The molecular formula is C27H36O19. The summed E-state index contributed by atoms with van der Waals surface area (Å²) in [4.78, 5) is 13.6. The number of aliphatic hydroxyl groups is 6. The molecule has 3 aromatic rings. The number of para-hydroxylation sites is 1. The molecule has 2 saturated heterocycles. The first kappa shape index (κ1) is 38.4. The molecule has 0 amide bonds. The lowest BCUT2D eigenvalue weighted by atomic mass is 9.98. The quantitative estimate of drug-likeness (QED) is 0.112. The maximum atomic E-state index is 13.6. The molecule has 2 fully saturated rings. The minimum atomic E-state index is -1.99. The molecule has 258 valence electrons. The van der Waals surface area contributed by atoms with Crippen LogP contribution in [0.15, 0.2) is 39.5 Å². The third-order valence-electron chi connectivity index (χ3n) is 7.31. The van der Waals surface area contributed by atoms with Gasteiger partial charge in [-0.25, -0.2) is 0 Å². The summed E-state index contributed by atoms with van der Waals surface area (Å²) in [7, 11) is 0. The van der Waals surface area contributed by atoms with Crippen molar-refractivity contribution in [1.29, 1.82) is 0 Å².